The molecule has 0 aromatic carbocycles. The van der Waals surface area contributed by atoms with Crippen LogP contribution in [0.2, 0.25) is 5.02 Å². The molecule has 3 heterocycles. The molecule has 3 aromatic heterocycles. The molecule has 1 aliphatic carbocycles. The van der Waals surface area contributed by atoms with Gasteiger partial charge in [-0.3, -0.25) is 9.59 Å². The molecule has 1 aliphatic rings. The van der Waals surface area contributed by atoms with Crippen molar-refractivity contribution in [1.29, 1.82) is 0 Å². The van der Waals surface area contributed by atoms with E-state index in [1.807, 2.05) is 0 Å². The number of nitrogens with zero attached hydrogens (tertiary/aromatic N) is 2. The van der Waals surface area contributed by atoms with Gasteiger partial charge in [0.15, 0.2) is 5.58 Å². The van der Waals surface area contributed by atoms with Gasteiger partial charge in [-0.05, 0) is 43.9 Å². The molecule has 0 saturated heterocycles. The fraction of sp³-hybridized carbons (Fsp3) is 0.333. The predicted octanol–water partition coefficient (Wildman–Crippen LogP) is 3.08. The maximum atomic E-state index is 13.2. The Balaban J connectivity index is 1.60. The van der Waals surface area contributed by atoms with Gasteiger partial charge in [0.1, 0.15) is 23.1 Å². The predicted molar refractivity (Wildman–Crippen MR) is 130 cm³/mol. The maximum absolute atomic E-state index is 13.2. The Bertz CT molecular complexity index is 1330. The Morgan fingerprint density at radius 1 is 1.06 bits per heavy atom. The van der Waals surface area contributed by atoms with Crippen molar-refractivity contribution in [3.63, 3.8) is 0 Å². The highest BCUT2D eigenvalue weighted by atomic mass is 35.5. The van der Waals surface area contributed by atoms with E-state index < -0.39 is 11.9 Å². The number of amides is 3. The van der Waals surface area contributed by atoms with E-state index in [-0.39, 0.29) is 51.9 Å². The molecule has 36 heavy (non-hydrogen) atoms. The molecular weight excluding hydrogens is 490 g/mol. The molecule has 11 nitrogen and oxygen atoms in total. The summed E-state index contributed by atoms with van der Waals surface area (Å²) in [6.45, 7) is 0. The van der Waals surface area contributed by atoms with Crippen LogP contribution in [-0.2, 0) is 9.59 Å². The quantitative estimate of drug-likeness (QED) is 0.456. The van der Waals surface area contributed by atoms with Gasteiger partial charge in [0.2, 0.25) is 17.6 Å². The van der Waals surface area contributed by atoms with Crippen LogP contribution in [0.15, 0.2) is 34.9 Å². The summed E-state index contributed by atoms with van der Waals surface area (Å²) in [5.74, 6) is -2.68. The molecule has 3 amide bonds. The molecule has 0 aliphatic heterocycles. The summed E-state index contributed by atoms with van der Waals surface area (Å²) in [4.78, 5) is 58.4. The number of pyridine rings is 2. The van der Waals surface area contributed by atoms with E-state index in [0.717, 1.165) is 0 Å². The Morgan fingerprint density at radius 3 is 2.36 bits per heavy atom. The molecule has 4 rings (SSSR count). The second-order valence-electron chi connectivity index (χ2n) is 8.80. The number of aromatic amines is 1. The number of hydrogen-bond donors (Lipinski definition) is 3. The number of aromatic nitrogens is 2. The van der Waals surface area contributed by atoms with E-state index in [1.54, 1.807) is 31.1 Å². The van der Waals surface area contributed by atoms with Gasteiger partial charge in [-0.2, -0.15) is 0 Å². The summed E-state index contributed by atoms with van der Waals surface area (Å²) in [6.07, 6.45) is 3.63. The Kier molecular flexibility index (Phi) is 7.20. The molecule has 12 heteroatoms. The molecule has 0 unspecified atom stereocenters. The van der Waals surface area contributed by atoms with Crippen molar-refractivity contribution in [2.45, 2.75) is 25.7 Å². The maximum Gasteiger partial charge on any atom is 0.376 e. The third kappa shape index (κ3) is 5.30. The van der Waals surface area contributed by atoms with E-state index in [0.29, 0.717) is 36.5 Å². The largest absolute Gasteiger partial charge is 0.477 e. The number of nitrogens with one attached hydrogen (secondary N) is 3. The second-order valence-corrected chi connectivity index (χ2v) is 9.24. The highest BCUT2D eigenvalue weighted by Crippen LogP contribution is 2.34. The first kappa shape index (κ1) is 25.1. The number of rotatable bonds is 6. The molecule has 0 spiro atoms. The molecule has 1 saturated carbocycles. The number of carbonyl (C=O) groups is 4. The Labute approximate surface area is 210 Å². The number of H-pyrrole nitrogens is 1. The van der Waals surface area contributed by atoms with Crippen molar-refractivity contribution < 1.29 is 33.7 Å². The number of hydrogen-bond acceptors (Lipinski definition) is 6. The van der Waals surface area contributed by atoms with Gasteiger partial charge in [0.05, 0.1) is 5.02 Å². The zero-order valence-corrected chi connectivity index (χ0v) is 20.4. The lowest BCUT2D eigenvalue weighted by atomic mass is 9.81. The molecule has 1 fully saturated rings. The summed E-state index contributed by atoms with van der Waals surface area (Å²) < 4.78 is 5.68. The van der Waals surface area contributed by atoms with Crippen molar-refractivity contribution >= 4 is 57.9 Å². The first-order valence-corrected chi connectivity index (χ1v) is 11.7. The summed E-state index contributed by atoms with van der Waals surface area (Å²) >= 11 is 5.87. The molecular formula is C24H25ClN5O6+. The van der Waals surface area contributed by atoms with Gasteiger partial charge in [-0.15, -0.1) is 0 Å². The van der Waals surface area contributed by atoms with Crippen molar-refractivity contribution in [2.75, 3.05) is 24.7 Å². The van der Waals surface area contributed by atoms with Crippen LogP contribution in [0.1, 0.15) is 46.7 Å². The third-order valence-electron chi connectivity index (χ3n) is 6.12. The van der Waals surface area contributed by atoms with Gasteiger partial charge in [0.25, 0.3) is 5.82 Å². The summed E-state index contributed by atoms with van der Waals surface area (Å²) in [7, 11) is 3.41. The zero-order valence-electron chi connectivity index (χ0n) is 19.6. The van der Waals surface area contributed by atoms with Crippen LogP contribution in [0.25, 0.3) is 11.1 Å². The average Bonchev–Trinajstić information content (AvgIpc) is 3.22. The lowest BCUT2D eigenvalue weighted by molar-refractivity contribution is -0.360. The minimum atomic E-state index is -1.26. The number of fused-ring (bicyclic) bond motifs is 1. The van der Waals surface area contributed by atoms with Crippen LogP contribution >= 0.6 is 11.6 Å². The van der Waals surface area contributed by atoms with Crippen molar-refractivity contribution in [3.8, 4) is 0 Å². The number of carbonyl (C=O) groups excluding carboxylic acids is 3. The van der Waals surface area contributed by atoms with Crippen molar-refractivity contribution in [1.82, 2.24) is 9.88 Å². The van der Waals surface area contributed by atoms with Crippen molar-refractivity contribution in [2.24, 2.45) is 11.8 Å². The van der Waals surface area contributed by atoms with Gasteiger partial charge in [0, 0.05) is 32.0 Å². The van der Waals surface area contributed by atoms with Crippen molar-refractivity contribution in [3.05, 3.63) is 46.9 Å². The van der Waals surface area contributed by atoms with E-state index in [9.17, 15) is 24.3 Å². The Morgan fingerprint density at radius 2 is 1.75 bits per heavy atom. The minimum Gasteiger partial charge on any atom is -0.477 e. The monoisotopic (exact) mass is 514 g/mol. The number of carboxylic acid groups (broad SMARTS) is 1. The number of carboxylic acids is 1. The first-order chi connectivity index (χ1) is 17.1. The summed E-state index contributed by atoms with van der Waals surface area (Å²) in [6, 6.07) is 5.75. The third-order valence-corrected chi connectivity index (χ3v) is 6.35. The van der Waals surface area contributed by atoms with E-state index in [2.05, 4.69) is 20.6 Å². The lowest BCUT2D eigenvalue weighted by Gasteiger charge is -2.28. The zero-order chi connectivity index (χ0) is 26.0. The molecule has 0 radical (unpaired) electrons. The second kappa shape index (κ2) is 10.3. The van der Waals surface area contributed by atoms with Crippen LogP contribution < -0.4 is 15.6 Å². The van der Waals surface area contributed by atoms with Crippen LogP contribution in [0.3, 0.4) is 0 Å². The summed E-state index contributed by atoms with van der Waals surface area (Å²) in [5.41, 5.74) is -0.0960. The molecule has 4 N–H and O–H groups in total. The highest BCUT2D eigenvalue weighted by molar-refractivity contribution is 6.30. The van der Waals surface area contributed by atoms with Crippen LogP contribution in [-0.4, -0.2) is 52.8 Å². The summed E-state index contributed by atoms with van der Waals surface area (Å²) in [5, 5.41) is 15.2. The highest BCUT2D eigenvalue weighted by Gasteiger charge is 2.33. The Hall–Kier alpha value is -3.99. The lowest BCUT2D eigenvalue weighted by Crippen LogP contribution is -2.35. The molecule has 3 aromatic rings. The normalized spacial score (nSPS) is 17.4. The number of halogens is 1. The number of anilines is 2. The van der Waals surface area contributed by atoms with Gasteiger partial charge in [-0.25, -0.2) is 24.9 Å². The number of furan rings is 1. The van der Waals surface area contributed by atoms with Gasteiger partial charge in [-0.1, -0.05) is 11.6 Å². The topological polar surface area (TPSA) is 156 Å². The molecule has 188 valence electrons. The van der Waals surface area contributed by atoms with E-state index >= 15 is 0 Å². The van der Waals surface area contributed by atoms with Crippen LogP contribution in [0.5, 0.6) is 0 Å². The fourth-order valence-corrected chi connectivity index (χ4v) is 4.34. The SMILES string of the molecule is CN(C)C(=O)C1CCC(C(=O)Nc2c(C(=O)Nc3ccc(Cl)c[nH+]3)oc3ccc(C(=O)O)nc23)CC1. The fourth-order valence-electron chi connectivity index (χ4n) is 4.23. The van der Waals surface area contributed by atoms with Gasteiger partial charge >= 0.3 is 11.9 Å². The van der Waals surface area contributed by atoms with E-state index in [4.69, 9.17) is 16.0 Å². The first-order valence-electron chi connectivity index (χ1n) is 11.3. The van der Waals surface area contributed by atoms with Crippen LogP contribution in [0.4, 0.5) is 11.5 Å². The van der Waals surface area contributed by atoms with Crippen LogP contribution in [0, 0.1) is 11.8 Å². The standard InChI is InChI=1S/C24H24ClN5O6/c1-30(2)23(33)13-5-3-12(4-6-13)21(31)29-19-18-16(9-8-15(27-18)24(34)35)36-20(19)22(32)28-17-10-7-14(25)11-26-17/h7-13H,3-6H2,1-2H3,(H,29,31)(H,34,35)(H,26,28,32)/p+1. The number of aromatic carboxylic acids is 1. The minimum absolute atomic E-state index is 0.0175. The van der Waals surface area contributed by atoms with E-state index in [1.165, 1.54) is 18.3 Å². The van der Waals surface area contributed by atoms with Gasteiger partial charge < -0.3 is 19.7 Å². The molecule has 0 atom stereocenters. The molecule has 0 bridgehead atoms. The average molecular weight is 515 g/mol. The smallest absolute Gasteiger partial charge is 0.376 e.